The number of hydrogen-bond donors (Lipinski definition) is 0. The Morgan fingerprint density at radius 1 is 0.306 bits per heavy atom. The third-order valence-corrected chi connectivity index (χ3v) is 29.0. The summed E-state index contributed by atoms with van der Waals surface area (Å²) in [5.41, 5.74) is -3.01. The Labute approximate surface area is 746 Å². The fourth-order valence-corrected chi connectivity index (χ4v) is 14.6. The minimum Gasteiger partial charge on any atom is -0.247 e. The summed E-state index contributed by atoms with van der Waals surface area (Å²) in [6, 6.07) is 0. The van der Waals surface area contributed by atoms with Crippen molar-refractivity contribution in [2.45, 2.75) is 536 Å². The molecule has 23 heteroatoms. The quantitative estimate of drug-likeness (QED) is 0.213. The molecule has 756 valence electrons. The van der Waals surface area contributed by atoms with E-state index in [0.29, 0.717) is 82.3 Å². The van der Waals surface area contributed by atoms with Gasteiger partial charge in [-0.1, -0.05) is 345 Å². The van der Waals surface area contributed by atoms with Gasteiger partial charge >= 0.3 is 43.2 Å². The van der Waals surface area contributed by atoms with Crippen LogP contribution in [-0.4, -0.2) is 55.6 Å². The van der Waals surface area contributed by atoms with Gasteiger partial charge in [0.15, 0.2) is 10.8 Å². The maximum atomic E-state index is 12.8. The second kappa shape index (κ2) is 57.2. The molecule has 0 heterocycles. The van der Waals surface area contributed by atoms with Gasteiger partial charge in [-0.2, -0.15) is 92.2 Å². The third-order valence-electron chi connectivity index (χ3n) is 29.0. The summed E-state index contributed by atoms with van der Waals surface area (Å²) in [5, 5.41) is 0. The molecule has 7 aliphatic rings. The van der Waals surface area contributed by atoms with Gasteiger partial charge in [-0.3, -0.25) is 0 Å². The first-order chi connectivity index (χ1) is 55.1. The molecule has 0 N–H and O–H groups in total. The van der Waals surface area contributed by atoms with Gasteiger partial charge in [-0.15, -0.1) is 0 Å². The highest BCUT2D eigenvalue weighted by molar-refractivity contribution is 5.00. The van der Waals surface area contributed by atoms with Crippen LogP contribution in [-0.2, 0) is 0 Å². The molecule has 0 aromatic carbocycles. The van der Waals surface area contributed by atoms with Crippen LogP contribution in [0.4, 0.5) is 101 Å². The van der Waals surface area contributed by atoms with Gasteiger partial charge in [0.25, 0.3) is 0 Å². The van der Waals surface area contributed by atoms with Gasteiger partial charge in [0.2, 0.25) is 0 Å². The molecule has 7 fully saturated rings. The molecule has 7 rings (SSSR count). The van der Waals surface area contributed by atoms with Crippen LogP contribution >= 0.6 is 0 Å². The highest BCUT2D eigenvalue weighted by Crippen LogP contribution is 2.62. The lowest BCUT2D eigenvalue weighted by Crippen LogP contribution is -2.55. The summed E-state index contributed by atoms with van der Waals surface area (Å²) >= 11 is 0. The molecule has 0 saturated heterocycles. The first-order valence-electron chi connectivity index (χ1n) is 47.9. The van der Waals surface area contributed by atoms with Crippen molar-refractivity contribution in [1.29, 1.82) is 0 Å². The first-order valence-corrected chi connectivity index (χ1v) is 47.9. The highest BCUT2D eigenvalue weighted by atomic mass is 19.4. The van der Waals surface area contributed by atoms with E-state index in [1.807, 2.05) is 62.3 Å². The zero-order valence-corrected chi connectivity index (χ0v) is 85.5. The van der Waals surface area contributed by atoms with E-state index in [1.165, 1.54) is 96.3 Å². The Balaban J connectivity index is -0.000000307. The van der Waals surface area contributed by atoms with Crippen molar-refractivity contribution < 1.29 is 101 Å². The molecular weight excluding hydrogens is 1650 g/mol. The molecule has 0 spiro atoms. The Hall–Kier alpha value is -1.61. The van der Waals surface area contributed by atoms with E-state index in [0.717, 1.165) is 58.3 Å². The van der Waals surface area contributed by atoms with Gasteiger partial charge in [-0.05, 0) is 220 Å². The highest BCUT2D eigenvalue weighted by Gasteiger charge is 2.73. The van der Waals surface area contributed by atoms with Crippen molar-refractivity contribution >= 4 is 0 Å². The molecule has 7 aliphatic carbocycles. The predicted octanol–water partition coefficient (Wildman–Crippen LogP) is 41.7. The number of halogens is 23. The van der Waals surface area contributed by atoms with E-state index in [1.54, 1.807) is 27.7 Å². The number of hydrogen-bond acceptors (Lipinski definition) is 0. The molecular formula is C101H191F23. The molecule has 8 atom stereocenters. The molecule has 0 amide bonds. The zero-order valence-electron chi connectivity index (χ0n) is 85.5. The van der Waals surface area contributed by atoms with Gasteiger partial charge in [-0.25, -0.2) is 8.78 Å². The zero-order chi connectivity index (χ0) is 99.8. The normalized spacial score (nSPS) is 24.8. The van der Waals surface area contributed by atoms with Crippen LogP contribution in [0.15, 0.2) is 0 Å². The largest absolute Gasteiger partial charge is 0.403 e. The SMILES string of the molecule is CC(C)(C)C.CC(F)C(C)(C)C.CC1(C)CCC(C)(C)CC1.CC1(C)CCCCC1.CC1CCC(C(F)(F)F)(C(F)(F)F)CC1.CC1CCC(C(F)(F)F)CC1.CC1CCCC(C(F)(F)F)[C@@H]1C.CCC(C)(C)C.CCC(C)(C)CC.CCC(C)(CC)C(C)F.CCC(C)(CC)CC.C[C@@H]1CCCC(C(F)(F)F)C1.C[C@@H]1CCCCC1(C(F)(F)F)C(F)(F)F. The maximum absolute atomic E-state index is 12.8. The second-order valence-electron chi connectivity index (χ2n) is 46.0. The maximum Gasteiger partial charge on any atom is 0.403 e. The smallest absolute Gasteiger partial charge is 0.247 e. The summed E-state index contributed by atoms with van der Waals surface area (Å²) in [6.07, 6.45) is -6.93. The topological polar surface area (TPSA) is 0 Å². The molecule has 0 aromatic heterocycles. The second-order valence-corrected chi connectivity index (χ2v) is 46.0. The van der Waals surface area contributed by atoms with Crippen molar-refractivity contribution in [1.82, 2.24) is 0 Å². The molecule has 7 saturated carbocycles. The predicted molar refractivity (Wildman–Crippen MR) is 481 cm³/mol. The van der Waals surface area contributed by atoms with Crippen molar-refractivity contribution in [2.75, 3.05) is 0 Å². The Kier molecular flexibility index (Phi) is 61.4. The number of alkyl halides is 23. The van der Waals surface area contributed by atoms with Crippen LogP contribution in [0, 0.1) is 113 Å². The molecule has 0 nitrogen and oxygen atoms in total. The fraction of sp³-hybridized carbons (Fsp3) is 1.00. The van der Waals surface area contributed by atoms with E-state index < -0.39 is 109 Å². The van der Waals surface area contributed by atoms with E-state index in [9.17, 15) is 101 Å². The summed E-state index contributed by atoms with van der Waals surface area (Å²) in [4.78, 5) is 0. The lowest BCUT2D eigenvalue weighted by atomic mass is 9.66. The van der Waals surface area contributed by atoms with Crippen molar-refractivity contribution in [3.8, 4) is 0 Å². The monoisotopic (exact) mass is 1840 g/mol. The minimum atomic E-state index is -5.20. The molecule has 5 unspecified atom stereocenters. The summed E-state index contributed by atoms with van der Waals surface area (Å²) in [6.45, 7) is 75.5. The van der Waals surface area contributed by atoms with Crippen LogP contribution in [0.2, 0.25) is 0 Å². The lowest BCUT2D eigenvalue weighted by Gasteiger charge is -2.44. The van der Waals surface area contributed by atoms with Crippen LogP contribution < -0.4 is 0 Å². The molecule has 124 heavy (non-hydrogen) atoms. The molecule has 0 radical (unpaired) electrons. The van der Waals surface area contributed by atoms with Gasteiger partial charge in [0.1, 0.15) is 12.3 Å². The van der Waals surface area contributed by atoms with E-state index in [-0.39, 0.29) is 60.2 Å². The average molecular weight is 1840 g/mol. The summed E-state index contributed by atoms with van der Waals surface area (Å²) in [7, 11) is 0. The summed E-state index contributed by atoms with van der Waals surface area (Å²) in [5.74, 6) is -3.74. The third kappa shape index (κ3) is 57.7. The molecule has 0 aromatic rings. The summed E-state index contributed by atoms with van der Waals surface area (Å²) < 4.78 is 285. The molecule has 0 bridgehead atoms. The van der Waals surface area contributed by atoms with E-state index >= 15 is 0 Å². The van der Waals surface area contributed by atoms with Crippen molar-refractivity contribution in [3.05, 3.63) is 0 Å². The molecule has 0 aliphatic heterocycles. The van der Waals surface area contributed by atoms with E-state index in [4.69, 9.17) is 0 Å². The fourth-order valence-electron chi connectivity index (χ4n) is 14.6. The Morgan fingerprint density at radius 2 is 0.637 bits per heavy atom. The first kappa shape index (κ1) is 133. The standard InChI is InChI=1S/C10H20.2C9H12F6.C9H15F3.2C8H13F3.C8H17F.C8H16.C8H18.C7H16.C6H13F.C6H14.C5H12/c1-9(2)5-7-10(3,4)8-6-9;1-6-2-4-7(5-3-6,8(10,11)12)9(13,14)15;1-6-4-2-3-5-7(6,8(10,11)12)9(13,14)15;1-6-4-3-5-8(7(6)2)9(10,11)12;1-6-2-4-7(5-3-6)8(9,10)11;1-6-3-2-4-7(5-6)8(9,10)11;1-5-8(4,6-2)7(3)9;1-8(2)6-4-3-5-7-8;1-5-8(4,6-2)7-3;1-5-7(3,4)6-2;1-5(7)6(2,3)4;1-5-6(2,3)4;1-5(2,3)4/h5-8H2,1-4H3;2*6H,2-5H2,1H3;6-8H,3-5H2,1-2H3;2*6-7H,2-5H2,1H3;7H,5-6H2,1-4H3;3-7H2,1-2H3;5-7H2,1-4H3;5-6H2,1-4H3;5H,1-4H3;5H2,1-4H3;1-4H3/t;;6-;6?,7-,8?;;6-,7?;;;;;;;/m..11.1......./s1. The van der Waals surface area contributed by atoms with E-state index in [2.05, 4.69) is 152 Å². The van der Waals surface area contributed by atoms with Gasteiger partial charge < -0.3 is 0 Å². The van der Waals surface area contributed by atoms with Crippen LogP contribution in [0.5, 0.6) is 0 Å². The van der Waals surface area contributed by atoms with Gasteiger partial charge in [0, 0.05) is 0 Å². The van der Waals surface area contributed by atoms with Crippen LogP contribution in [0.1, 0.15) is 480 Å². The minimum absolute atomic E-state index is 0.0106. The Bertz CT molecular complexity index is 2490. The van der Waals surface area contributed by atoms with Gasteiger partial charge in [0.05, 0.1) is 17.8 Å². The van der Waals surface area contributed by atoms with Crippen molar-refractivity contribution in [3.63, 3.8) is 0 Å². The van der Waals surface area contributed by atoms with Crippen LogP contribution in [0.3, 0.4) is 0 Å². The average Bonchev–Trinajstić information content (AvgIpc) is 0.754. The van der Waals surface area contributed by atoms with Crippen molar-refractivity contribution in [2.24, 2.45) is 113 Å². The van der Waals surface area contributed by atoms with Crippen LogP contribution in [0.25, 0.3) is 0 Å². The number of rotatable bonds is 8. The Morgan fingerprint density at radius 3 is 0.839 bits per heavy atom. The lowest BCUT2D eigenvalue weighted by molar-refractivity contribution is -0.364.